The van der Waals surface area contributed by atoms with Crippen molar-refractivity contribution in [2.45, 2.75) is 33.4 Å². The van der Waals surface area contributed by atoms with Gasteiger partial charge >= 0.3 is 6.03 Å². The second-order valence-corrected chi connectivity index (χ2v) is 5.98. The Morgan fingerprint density at radius 3 is 2.62 bits per heavy atom. The molecule has 128 valence electrons. The van der Waals surface area contributed by atoms with Crippen molar-refractivity contribution in [3.63, 3.8) is 0 Å². The lowest BCUT2D eigenvalue weighted by Gasteiger charge is -2.22. The van der Waals surface area contributed by atoms with Gasteiger partial charge in [-0.05, 0) is 44.5 Å². The zero-order valence-corrected chi connectivity index (χ0v) is 14.4. The Morgan fingerprint density at radius 2 is 2.00 bits per heavy atom. The van der Waals surface area contributed by atoms with Crippen molar-refractivity contribution < 1.29 is 14.0 Å². The number of nitrogens with one attached hydrogen (secondary N) is 2. The molecular weight excluding hydrogens is 306 g/mol. The van der Waals surface area contributed by atoms with E-state index in [0.717, 1.165) is 11.1 Å². The quantitative estimate of drug-likeness (QED) is 0.883. The molecule has 0 aliphatic heterocycles. The largest absolute Gasteiger partial charge is 0.472 e. The van der Waals surface area contributed by atoms with E-state index in [9.17, 15) is 9.59 Å². The molecule has 0 spiro atoms. The molecule has 2 aromatic rings. The second kappa shape index (κ2) is 7.68. The number of hydrogen-bond acceptors (Lipinski definition) is 3. The summed E-state index contributed by atoms with van der Waals surface area (Å²) in [6.07, 6.45) is 3.13. The van der Waals surface area contributed by atoms with Crippen molar-refractivity contribution in [2.75, 3.05) is 12.4 Å². The van der Waals surface area contributed by atoms with Crippen LogP contribution in [0.5, 0.6) is 0 Å². The Labute approximate surface area is 141 Å². The fourth-order valence-electron chi connectivity index (χ4n) is 2.11. The van der Waals surface area contributed by atoms with Gasteiger partial charge in [-0.2, -0.15) is 0 Å². The number of urea groups is 1. The maximum absolute atomic E-state index is 12.5. The zero-order valence-electron chi connectivity index (χ0n) is 14.4. The van der Waals surface area contributed by atoms with Gasteiger partial charge in [-0.1, -0.05) is 6.07 Å². The van der Waals surface area contributed by atoms with Crippen LogP contribution < -0.4 is 10.6 Å². The number of rotatable bonds is 5. The molecule has 2 N–H and O–H groups in total. The lowest BCUT2D eigenvalue weighted by Crippen LogP contribution is -2.33. The molecule has 3 amide bonds. The molecule has 1 aromatic heterocycles. The van der Waals surface area contributed by atoms with Gasteiger partial charge in [0.15, 0.2) is 0 Å². The van der Waals surface area contributed by atoms with Crippen LogP contribution >= 0.6 is 0 Å². The summed E-state index contributed by atoms with van der Waals surface area (Å²) >= 11 is 0. The SMILES string of the molecule is Cc1ccc(NC(=O)NCc2ccoc2)cc1C(=O)N(C)C(C)C. The number of anilines is 1. The van der Waals surface area contributed by atoms with Crippen molar-refractivity contribution in [1.29, 1.82) is 0 Å². The first kappa shape index (κ1) is 17.6. The van der Waals surface area contributed by atoms with Crippen LogP contribution in [0.2, 0.25) is 0 Å². The van der Waals surface area contributed by atoms with E-state index in [2.05, 4.69) is 10.6 Å². The van der Waals surface area contributed by atoms with Crippen molar-refractivity contribution in [3.05, 3.63) is 53.5 Å². The molecule has 6 nitrogen and oxygen atoms in total. The Hall–Kier alpha value is -2.76. The van der Waals surface area contributed by atoms with Crippen LogP contribution in [0.4, 0.5) is 10.5 Å². The lowest BCUT2D eigenvalue weighted by molar-refractivity contribution is 0.0754. The highest BCUT2D eigenvalue weighted by molar-refractivity contribution is 5.98. The van der Waals surface area contributed by atoms with Crippen molar-refractivity contribution in [3.8, 4) is 0 Å². The van der Waals surface area contributed by atoms with E-state index >= 15 is 0 Å². The topological polar surface area (TPSA) is 74.6 Å². The molecule has 24 heavy (non-hydrogen) atoms. The van der Waals surface area contributed by atoms with Crippen molar-refractivity contribution in [2.24, 2.45) is 0 Å². The lowest BCUT2D eigenvalue weighted by atomic mass is 10.1. The van der Waals surface area contributed by atoms with Crippen molar-refractivity contribution >= 4 is 17.6 Å². The molecular formula is C18H23N3O3. The van der Waals surface area contributed by atoms with Crippen LogP contribution in [-0.2, 0) is 6.54 Å². The van der Waals surface area contributed by atoms with Crippen LogP contribution in [0.15, 0.2) is 41.2 Å². The smallest absolute Gasteiger partial charge is 0.319 e. The average Bonchev–Trinajstić information content (AvgIpc) is 3.06. The van der Waals surface area contributed by atoms with Gasteiger partial charge in [0.25, 0.3) is 5.91 Å². The monoisotopic (exact) mass is 329 g/mol. The Balaban J connectivity index is 2.04. The molecule has 0 atom stereocenters. The predicted molar refractivity (Wildman–Crippen MR) is 93.0 cm³/mol. The zero-order chi connectivity index (χ0) is 17.7. The second-order valence-electron chi connectivity index (χ2n) is 5.98. The molecule has 0 saturated carbocycles. The molecule has 0 fully saturated rings. The first-order valence-electron chi connectivity index (χ1n) is 7.82. The Kier molecular flexibility index (Phi) is 5.63. The van der Waals surface area contributed by atoms with E-state index in [1.165, 1.54) is 0 Å². The van der Waals surface area contributed by atoms with Crippen LogP contribution in [0.3, 0.4) is 0 Å². The number of aryl methyl sites for hydroxylation is 1. The highest BCUT2D eigenvalue weighted by atomic mass is 16.3. The van der Waals surface area contributed by atoms with Gasteiger partial charge in [-0.3, -0.25) is 4.79 Å². The number of nitrogens with zero attached hydrogens (tertiary/aromatic N) is 1. The summed E-state index contributed by atoms with van der Waals surface area (Å²) in [5.41, 5.74) is 2.91. The summed E-state index contributed by atoms with van der Waals surface area (Å²) in [5, 5.41) is 5.48. The third-order valence-corrected chi connectivity index (χ3v) is 3.85. The molecule has 0 bridgehead atoms. The number of carbonyl (C=O) groups is 2. The van der Waals surface area contributed by atoms with E-state index in [1.807, 2.05) is 26.8 Å². The van der Waals surface area contributed by atoms with Gasteiger partial charge in [-0.25, -0.2) is 4.79 Å². The van der Waals surface area contributed by atoms with Gasteiger partial charge in [0.05, 0.1) is 12.5 Å². The fourth-order valence-corrected chi connectivity index (χ4v) is 2.11. The summed E-state index contributed by atoms with van der Waals surface area (Å²) in [4.78, 5) is 26.2. The molecule has 0 unspecified atom stereocenters. The molecule has 0 aliphatic carbocycles. The first-order chi connectivity index (χ1) is 11.4. The minimum atomic E-state index is -0.337. The van der Waals surface area contributed by atoms with Gasteiger partial charge in [-0.15, -0.1) is 0 Å². The standard InChI is InChI=1S/C18H23N3O3/c1-12(2)21(4)17(22)16-9-15(6-5-13(16)3)20-18(23)19-10-14-7-8-24-11-14/h5-9,11-12H,10H2,1-4H3,(H2,19,20,23). The first-order valence-corrected chi connectivity index (χ1v) is 7.82. The number of benzene rings is 1. The minimum Gasteiger partial charge on any atom is -0.472 e. The summed E-state index contributed by atoms with van der Waals surface area (Å²) in [6.45, 7) is 6.16. The predicted octanol–water partition coefficient (Wildman–Crippen LogP) is 3.39. The minimum absolute atomic E-state index is 0.0649. The molecule has 6 heteroatoms. The number of carbonyl (C=O) groups excluding carboxylic acids is 2. The molecule has 1 aromatic carbocycles. The number of amides is 3. The van der Waals surface area contributed by atoms with Crippen LogP contribution in [-0.4, -0.2) is 29.9 Å². The van der Waals surface area contributed by atoms with E-state index < -0.39 is 0 Å². The molecule has 2 rings (SSSR count). The van der Waals surface area contributed by atoms with Crippen LogP contribution in [0, 0.1) is 6.92 Å². The summed E-state index contributed by atoms with van der Waals surface area (Å²) < 4.78 is 4.95. The highest BCUT2D eigenvalue weighted by Crippen LogP contribution is 2.18. The number of hydrogen-bond donors (Lipinski definition) is 2. The molecule has 1 heterocycles. The van der Waals surface area contributed by atoms with E-state index in [1.54, 1.807) is 42.7 Å². The molecule has 0 saturated heterocycles. The Morgan fingerprint density at radius 1 is 1.25 bits per heavy atom. The molecule has 0 aliphatic rings. The number of furan rings is 1. The maximum Gasteiger partial charge on any atom is 0.319 e. The van der Waals surface area contributed by atoms with Crippen molar-refractivity contribution in [1.82, 2.24) is 10.2 Å². The van der Waals surface area contributed by atoms with Gasteiger partial charge in [0.2, 0.25) is 0 Å². The van der Waals surface area contributed by atoms with Crippen LogP contribution in [0.1, 0.15) is 35.3 Å². The molecule has 0 radical (unpaired) electrons. The third-order valence-electron chi connectivity index (χ3n) is 3.85. The van der Waals surface area contributed by atoms with Gasteiger partial charge in [0, 0.05) is 36.4 Å². The normalized spacial score (nSPS) is 10.5. The van der Waals surface area contributed by atoms with Gasteiger partial charge < -0.3 is 20.0 Å². The summed E-state index contributed by atoms with van der Waals surface area (Å²) in [5.74, 6) is -0.0649. The van der Waals surface area contributed by atoms with E-state index in [4.69, 9.17) is 4.42 Å². The highest BCUT2D eigenvalue weighted by Gasteiger charge is 2.17. The van der Waals surface area contributed by atoms with E-state index in [0.29, 0.717) is 17.8 Å². The maximum atomic E-state index is 12.5. The summed E-state index contributed by atoms with van der Waals surface area (Å²) in [6, 6.07) is 6.85. The fraction of sp³-hybridized carbons (Fsp3) is 0.333. The average molecular weight is 329 g/mol. The summed E-state index contributed by atoms with van der Waals surface area (Å²) in [7, 11) is 1.77. The third kappa shape index (κ3) is 4.38. The Bertz CT molecular complexity index is 708. The van der Waals surface area contributed by atoms with Crippen LogP contribution in [0.25, 0.3) is 0 Å². The van der Waals surface area contributed by atoms with E-state index in [-0.39, 0.29) is 18.0 Å². The van der Waals surface area contributed by atoms with Gasteiger partial charge in [0.1, 0.15) is 0 Å².